The van der Waals surface area contributed by atoms with E-state index in [9.17, 15) is 14.4 Å². The van der Waals surface area contributed by atoms with Crippen LogP contribution in [0.2, 0.25) is 0 Å². The summed E-state index contributed by atoms with van der Waals surface area (Å²) in [5.74, 6) is 0. The van der Waals surface area contributed by atoms with Crippen molar-refractivity contribution in [1.29, 1.82) is 0 Å². The number of aromatic nitrogens is 3. The molecule has 15 heteroatoms. The van der Waals surface area contributed by atoms with Crippen molar-refractivity contribution in [3.8, 4) is 0 Å². The lowest BCUT2D eigenvalue weighted by Crippen LogP contribution is -2.65. The van der Waals surface area contributed by atoms with Crippen molar-refractivity contribution < 1.29 is 0 Å². The minimum atomic E-state index is -1.30. The highest BCUT2D eigenvalue weighted by atomic mass is 79.9. The zero-order chi connectivity index (χ0) is 28.1. The molecule has 1 aromatic rings. The molecule has 0 bridgehead atoms. The van der Waals surface area contributed by atoms with E-state index >= 15 is 0 Å². The highest BCUT2D eigenvalue weighted by Gasteiger charge is 2.46. The molecule has 3 atom stereocenters. The first-order chi connectivity index (χ1) is 16.5. The Balaban J connectivity index is 4.10. The van der Waals surface area contributed by atoms with Crippen molar-refractivity contribution in [2.75, 3.05) is 0 Å². The molecule has 36 heavy (non-hydrogen) atoms. The van der Waals surface area contributed by atoms with Crippen LogP contribution in [-0.4, -0.2) is 28.2 Å². The molecule has 1 aromatic heterocycles. The van der Waals surface area contributed by atoms with Crippen molar-refractivity contribution >= 4 is 143 Å². The van der Waals surface area contributed by atoms with Crippen LogP contribution in [0.25, 0.3) is 0 Å². The van der Waals surface area contributed by atoms with Crippen molar-refractivity contribution in [2.45, 2.75) is 103 Å². The van der Waals surface area contributed by atoms with E-state index in [-0.39, 0.29) is 14.5 Å². The van der Waals surface area contributed by atoms with E-state index in [1.807, 2.05) is 0 Å². The summed E-state index contributed by atoms with van der Waals surface area (Å²) in [6, 6.07) is 0. The first kappa shape index (κ1) is 36.8. The fraction of sp³-hybridized carbons (Fsp3) is 0.857. The third-order valence-corrected chi connectivity index (χ3v) is 18.1. The van der Waals surface area contributed by atoms with Gasteiger partial charge in [0.05, 0.1) is 14.5 Å². The molecule has 0 spiro atoms. The molecule has 0 fully saturated rings. The SMILES string of the molecule is CCCCC(Br)C(Br)(Br)n1c(=O)n(C(Br)(Br)C(Br)CCCC)c(=O)n(C(Br)(Br)C(Br)CCCC)c1=O. The Labute approximate surface area is 288 Å². The Hall–Kier alpha value is 2.73. The number of halogens is 9. The molecular weight excluding hydrogens is 1060 g/mol. The second kappa shape index (κ2) is 15.8. The Bertz CT molecular complexity index is 877. The van der Waals surface area contributed by atoms with Gasteiger partial charge in [0.25, 0.3) is 0 Å². The topological polar surface area (TPSA) is 66.0 Å². The number of nitrogens with zero attached hydrogens (tertiary/aromatic N) is 3. The van der Waals surface area contributed by atoms with Crippen LogP contribution in [0.1, 0.15) is 78.6 Å². The van der Waals surface area contributed by atoms with Crippen LogP contribution in [0.3, 0.4) is 0 Å². The number of alkyl halides is 9. The van der Waals surface area contributed by atoms with Gasteiger partial charge in [-0.3, -0.25) is 0 Å². The Morgan fingerprint density at radius 1 is 0.528 bits per heavy atom. The van der Waals surface area contributed by atoms with Crippen LogP contribution in [-0.2, 0) is 10.1 Å². The minimum absolute atomic E-state index is 0.338. The highest BCUT2D eigenvalue weighted by molar-refractivity contribution is 9.26. The summed E-state index contributed by atoms with van der Waals surface area (Å²) < 4.78 is -0.791. The smallest absolute Gasteiger partial charge is 0.247 e. The monoisotopic (exact) mass is 1080 g/mol. The van der Waals surface area contributed by atoms with Gasteiger partial charge >= 0.3 is 17.1 Å². The van der Waals surface area contributed by atoms with Gasteiger partial charge in [-0.25, -0.2) is 28.1 Å². The minimum Gasteiger partial charge on any atom is -0.247 e. The van der Waals surface area contributed by atoms with Gasteiger partial charge in [-0.05, 0) is 115 Å². The Morgan fingerprint density at radius 3 is 0.889 bits per heavy atom. The molecule has 1 rings (SSSR count). The highest BCUT2D eigenvalue weighted by Crippen LogP contribution is 2.44. The van der Waals surface area contributed by atoms with Gasteiger partial charge in [0, 0.05) is 0 Å². The number of hydrogen-bond donors (Lipinski definition) is 0. The lowest BCUT2D eigenvalue weighted by atomic mass is 10.2. The maximum atomic E-state index is 14.0. The lowest BCUT2D eigenvalue weighted by Gasteiger charge is -2.35. The largest absolute Gasteiger partial charge is 0.340 e. The molecule has 0 saturated carbocycles. The summed E-state index contributed by atoms with van der Waals surface area (Å²) in [5.41, 5.74) is -2.33. The standard InChI is InChI=1S/C21H30Br9N3O3/c1-4-7-10-13(22)19(25,26)31-16(34)32(20(27,28)14(23)11-8-5-2)18(36)33(17(31)35)21(29,30)15(24)12-9-6-3/h13-15H,4-12H2,1-3H3. The van der Waals surface area contributed by atoms with Gasteiger partial charge in [-0.1, -0.05) is 107 Å². The second-order valence-corrected chi connectivity index (χ2v) is 22.2. The molecule has 0 N–H and O–H groups in total. The summed E-state index contributed by atoms with van der Waals surface area (Å²) in [4.78, 5) is 41.0. The van der Waals surface area contributed by atoms with E-state index in [2.05, 4.69) is 164 Å². The van der Waals surface area contributed by atoms with Gasteiger partial charge in [-0.2, -0.15) is 0 Å². The lowest BCUT2D eigenvalue weighted by molar-refractivity contribution is 0.392. The first-order valence-electron chi connectivity index (χ1n) is 11.6. The van der Waals surface area contributed by atoms with Crippen LogP contribution in [0.5, 0.6) is 0 Å². The molecule has 210 valence electrons. The predicted octanol–water partition coefficient (Wildman–Crippen LogP) is 9.23. The van der Waals surface area contributed by atoms with Crippen molar-refractivity contribution in [1.82, 2.24) is 13.7 Å². The Kier molecular flexibility index (Phi) is 16.1. The average molecular weight is 1090 g/mol. The molecule has 6 nitrogen and oxygen atoms in total. The van der Waals surface area contributed by atoms with Crippen molar-refractivity contribution in [2.24, 2.45) is 0 Å². The van der Waals surface area contributed by atoms with E-state index in [4.69, 9.17) is 0 Å². The summed E-state index contributed by atoms with van der Waals surface area (Å²) in [5, 5.41) is 0. The number of unbranched alkanes of at least 4 members (excludes halogenated alkanes) is 3. The van der Waals surface area contributed by atoms with Gasteiger partial charge in [0.2, 0.25) is 0 Å². The number of hydrogen-bond acceptors (Lipinski definition) is 3. The second-order valence-electron chi connectivity index (χ2n) is 8.45. The summed E-state index contributed by atoms with van der Waals surface area (Å²) in [7, 11) is 0. The average Bonchev–Trinajstić information content (AvgIpc) is 2.78. The van der Waals surface area contributed by atoms with Crippen LogP contribution < -0.4 is 17.1 Å². The van der Waals surface area contributed by atoms with E-state index in [1.54, 1.807) is 0 Å². The van der Waals surface area contributed by atoms with Crippen LogP contribution >= 0.6 is 143 Å². The van der Waals surface area contributed by atoms with Gasteiger partial charge < -0.3 is 0 Å². The zero-order valence-corrected chi connectivity index (χ0v) is 34.3. The summed E-state index contributed by atoms with van der Waals surface area (Å²) >= 11 is 32.5. The van der Waals surface area contributed by atoms with E-state index in [0.717, 1.165) is 52.2 Å². The van der Waals surface area contributed by atoms with Crippen LogP contribution in [0.4, 0.5) is 0 Å². The molecule has 0 aliphatic heterocycles. The quantitative estimate of drug-likeness (QED) is 0.165. The van der Waals surface area contributed by atoms with E-state index in [1.165, 1.54) is 0 Å². The number of rotatable bonds is 15. The fourth-order valence-electron chi connectivity index (χ4n) is 3.40. The van der Waals surface area contributed by atoms with Crippen molar-refractivity contribution in [3.63, 3.8) is 0 Å². The molecular formula is C21H30Br9N3O3. The molecule has 0 aliphatic carbocycles. The third-order valence-electron chi connectivity index (χ3n) is 5.61. The van der Waals surface area contributed by atoms with Gasteiger partial charge in [0.1, 0.15) is 0 Å². The molecule has 0 aromatic carbocycles. The first-order valence-corrected chi connectivity index (χ1v) is 19.1. The van der Waals surface area contributed by atoms with Crippen LogP contribution in [0.15, 0.2) is 14.4 Å². The van der Waals surface area contributed by atoms with Crippen molar-refractivity contribution in [3.05, 3.63) is 31.5 Å². The molecule has 0 aliphatic rings. The molecule has 3 unspecified atom stereocenters. The summed E-state index contributed by atoms with van der Waals surface area (Å²) in [6.07, 6.45) is 7.48. The van der Waals surface area contributed by atoms with Crippen LogP contribution in [0, 0.1) is 0 Å². The van der Waals surface area contributed by atoms with E-state index < -0.39 is 27.1 Å². The maximum Gasteiger partial charge on any atom is 0.340 e. The fourth-order valence-corrected chi connectivity index (χ4v) is 8.18. The predicted molar refractivity (Wildman–Crippen MR) is 183 cm³/mol. The maximum absolute atomic E-state index is 14.0. The molecule has 0 saturated heterocycles. The zero-order valence-electron chi connectivity index (χ0n) is 20.1. The normalized spacial score (nSPS) is 15.7. The van der Waals surface area contributed by atoms with Gasteiger partial charge in [0.15, 0.2) is 10.1 Å². The molecule has 1 heterocycles. The molecule has 0 amide bonds. The van der Waals surface area contributed by atoms with E-state index in [0.29, 0.717) is 19.3 Å². The molecule has 0 radical (unpaired) electrons. The third kappa shape index (κ3) is 8.40. The Morgan fingerprint density at radius 2 is 0.722 bits per heavy atom. The summed E-state index contributed by atoms with van der Waals surface area (Å²) in [6.45, 7) is 6.20. The van der Waals surface area contributed by atoms with Gasteiger partial charge in [-0.15, -0.1) is 0 Å².